The summed E-state index contributed by atoms with van der Waals surface area (Å²) in [6.45, 7) is 16.4. The van der Waals surface area contributed by atoms with Crippen LogP contribution < -0.4 is 0 Å². The molecule has 0 bridgehead atoms. The van der Waals surface area contributed by atoms with Crippen LogP contribution in [0, 0.1) is 18.6 Å². The lowest BCUT2D eigenvalue weighted by molar-refractivity contribution is -0.195. The molecule has 0 aromatic heterocycles. The van der Waals surface area contributed by atoms with Gasteiger partial charge >= 0.3 is 6.09 Å². The summed E-state index contributed by atoms with van der Waals surface area (Å²) in [6.07, 6.45) is -2.32. The highest BCUT2D eigenvalue weighted by molar-refractivity contribution is 6.77. The molecule has 2 aliphatic rings. The number of ether oxygens (including phenoxy) is 1. The summed E-state index contributed by atoms with van der Waals surface area (Å²) in [4.78, 5) is 13.4. The molecular weight excluding hydrogens is 592 g/mol. The van der Waals surface area contributed by atoms with E-state index in [1.54, 1.807) is 0 Å². The van der Waals surface area contributed by atoms with Crippen molar-refractivity contribution in [1.29, 1.82) is 0 Å². The molecule has 6 nitrogen and oxygen atoms in total. The zero-order valence-corrected chi connectivity index (χ0v) is 28.2. The Labute approximate surface area is 266 Å². The number of benzene rings is 3. The molecule has 0 saturated carbocycles. The first-order valence-corrected chi connectivity index (χ1v) is 18.0. The van der Waals surface area contributed by atoms with Crippen molar-refractivity contribution in [2.45, 2.75) is 95.9 Å². The monoisotopic (exact) mass is 637 g/mol. The van der Waals surface area contributed by atoms with E-state index >= 15 is 0 Å². The molecule has 45 heavy (non-hydrogen) atoms. The third kappa shape index (κ3) is 5.73. The predicted molar refractivity (Wildman–Crippen MR) is 173 cm³/mol. The number of hydrogen-bond acceptors (Lipinski definition) is 4. The van der Waals surface area contributed by atoms with E-state index in [9.17, 15) is 23.8 Å². The number of hydrogen-bond donors (Lipinski definition) is 2. The fourth-order valence-corrected chi connectivity index (χ4v) is 13.7. The lowest BCUT2D eigenvalue weighted by atomic mass is 9.71. The molecule has 3 atom stereocenters. The van der Waals surface area contributed by atoms with Gasteiger partial charge < -0.3 is 24.3 Å². The highest BCUT2D eigenvalue weighted by atomic mass is 28.4. The van der Waals surface area contributed by atoms with Crippen molar-refractivity contribution in [3.05, 3.63) is 94.0 Å². The van der Waals surface area contributed by atoms with E-state index in [4.69, 9.17) is 9.16 Å². The number of aliphatic hydroxyl groups excluding tert-OH is 1. The van der Waals surface area contributed by atoms with Crippen LogP contribution in [0.15, 0.2) is 54.6 Å². The number of nitrogens with zero attached hydrogens (tertiary/aromatic N) is 1. The first kappa shape index (κ1) is 33.3. The van der Waals surface area contributed by atoms with Gasteiger partial charge in [-0.3, -0.25) is 0 Å². The average molecular weight is 638 g/mol. The Morgan fingerprint density at radius 3 is 2.27 bits per heavy atom. The third-order valence-corrected chi connectivity index (χ3v) is 16.3. The zero-order valence-electron chi connectivity index (χ0n) is 27.2. The van der Waals surface area contributed by atoms with Crippen molar-refractivity contribution in [2.75, 3.05) is 13.1 Å². The van der Waals surface area contributed by atoms with E-state index < -0.39 is 43.9 Å². The molecular formula is C36H45F2NO5Si. The summed E-state index contributed by atoms with van der Waals surface area (Å²) in [6, 6.07) is 16.4. The molecule has 2 heterocycles. The second kappa shape index (κ2) is 12.6. The Balaban J connectivity index is 1.54. The molecule has 1 spiro atoms. The van der Waals surface area contributed by atoms with Crippen LogP contribution >= 0.6 is 0 Å². The molecule has 0 radical (unpaired) electrons. The number of halogens is 2. The number of likely N-dealkylation sites (tertiary alicyclic amines) is 1. The van der Waals surface area contributed by atoms with Crippen LogP contribution in [0.5, 0.6) is 0 Å². The molecule has 9 heteroatoms. The van der Waals surface area contributed by atoms with Crippen LogP contribution in [-0.4, -0.2) is 42.6 Å². The average Bonchev–Trinajstić information content (AvgIpc) is 3.23. The molecule has 1 saturated heterocycles. The van der Waals surface area contributed by atoms with Crippen LogP contribution in [-0.2, 0) is 21.4 Å². The summed E-state index contributed by atoms with van der Waals surface area (Å²) >= 11 is 0. The van der Waals surface area contributed by atoms with Crippen LogP contribution in [0.4, 0.5) is 13.6 Å². The lowest BCUT2D eigenvalue weighted by Crippen LogP contribution is -2.50. The van der Waals surface area contributed by atoms with Gasteiger partial charge in [-0.05, 0) is 75.5 Å². The first-order chi connectivity index (χ1) is 21.2. The summed E-state index contributed by atoms with van der Waals surface area (Å²) in [5.41, 5.74) is 5.61. The number of carbonyl (C=O) groups is 1. The Kier molecular flexibility index (Phi) is 9.30. The smallest absolute Gasteiger partial charge is 0.407 e. The standard InChI is InChI=1S/C36H45F2NO5Si/c1-21(2)45(22(3)4,23(5)6)43-20-26-10-8-9-11-28(26)25-12-13-27(24(7)16-25)31-19-39(35(41)42)15-14-36(31)30-18-33(38)32(37)17-29(30)34(40)44-36/h8-13,16-18,21-23,31,34,40H,14-15,19-20H2,1-7H3,(H,41,42)/t31-,34?,36+/m1/s1. The molecule has 2 aliphatic heterocycles. The van der Waals surface area contributed by atoms with Gasteiger partial charge in [0.15, 0.2) is 17.9 Å². The van der Waals surface area contributed by atoms with E-state index in [2.05, 4.69) is 59.7 Å². The predicted octanol–water partition coefficient (Wildman–Crippen LogP) is 9.02. The number of aryl methyl sites for hydroxylation is 1. The van der Waals surface area contributed by atoms with E-state index in [1.807, 2.05) is 31.2 Å². The van der Waals surface area contributed by atoms with Crippen molar-refractivity contribution in [1.82, 2.24) is 4.90 Å². The normalized spacial score (nSPS) is 21.8. The number of rotatable bonds is 8. The number of amides is 1. The van der Waals surface area contributed by atoms with Crippen molar-refractivity contribution in [2.24, 2.45) is 0 Å². The van der Waals surface area contributed by atoms with Gasteiger partial charge in [-0.2, -0.15) is 0 Å². The van der Waals surface area contributed by atoms with E-state index in [1.165, 1.54) is 4.90 Å². The zero-order chi connectivity index (χ0) is 32.8. The minimum atomic E-state index is -2.09. The van der Waals surface area contributed by atoms with Gasteiger partial charge in [0, 0.05) is 24.6 Å². The second-order valence-electron chi connectivity index (χ2n) is 13.6. The maximum absolute atomic E-state index is 14.6. The minimum absolute atomic E-state index is 0.0808. The molecule has 1 fully saturated rings. The molecule has 5 rings (SSSR count). The fourth-order valence-electron chi connectivity index (χ4n) is 8.25. The van der Waals surface area contributed by atoms with Crippen molar-refractivity contribution in [3.8, 4) is 11.1 Å². The van der Waals surface area contributed by atoms with Gasteiger partial charge in [-0.25, -0.2) is 13.6 Å². The summed E-state index contributed by atoms with van der Waals surface area (Å²) in [5, 5.41) is 20.7. The topological polar surface area (TPSA) is 79.2 Å². The number of fused-ring (bicyclic) bond motifs is 2. The molecule has 1 unspecified atom stereocenters. The maximum atomic E-state index is 14.6. The van der Waals surface area contributed by atoms with Gasteiger partial charge in [0.2, 0.25) is 8.32 Å². The highest BCUT2D eigenvalue weighted by Gasteiger charge is 2.54. The van der Waals surface area contributed by atoms with Gasteiger partial charge in [0.05, 0.1) is 6.61 Å². The first-order valence-electron chi connectivity index (χ1n) is 15.9. The van der Waals surface area contributed by atoms with Crippen LogP contribution in [0.2, 0.25) is 16.6 Å². The Morgan fingerprint density at radius 2 is 1.64 bits per heavy atom. The number of carboxylic acid groups (broad SMARTS) is 1. The van der Waals surface area contributed by atoms with Crippen molar-refractivity contribution >= 4 is 14.4 Å². The maximum Gasteiger partial charge on any atom is 0.407 e. The van der Waals surface area contributed by atoms with Gasteiger partial charge in [0.25, 0.3) is 0 Å². The molecule has 3 aromatic rings. The fraction of sp³-hybridized carbons (Fsp3) is 0.472. The SMILES string of the molecule is Cc1cc(-c2ccccc2CO[Si](C(C)C)(C(C)C)C(C)C)ccc1[C@H]1CN(C(=O)O)CC[C@@]12OC(O)c1cc(F)c(F)cc12. The minimum Gasteiger partial charge on any atom is -0.465 e. The largest absolute Gasteiger partial charge is 0.465 e. The Bertz CT molecular complexity index is 1560. The van der Waals surface area contributed by atoms with Gasteiger partial charge in [0.1, 0.15) is 5.60 Å². The molecule has 2 N–H and O–H groups in total. The van der Waals surface area contributed by atoms with E-state index in [0.717, 1.165) is 39.9 Å². The Morgan fingerprint density at radius 1 is 1.00 bits per heavy atom. The second-order valence-corrected chi connectivity index (χ2v) is 19.0. The van der Waals surface area contributed by atoms with Crippen LogP contribution in [0.25, 0.3) is 11.1 Å². The third-order valence-electron chi connectivity index (χ3n) is 10.3. The molecule has 3 aromatic carbocycles. The van der Waals surface area contributed by atoms with Crippen LogP contribution in [0.1, 0.15) is 88.0 Å². The summed E-state index contributed by atoms with van der Waals surface area (Å²) in [5.74, 6) is -2.66. The van der Waals surface area contributed by atoms with Crippen LogP contribution in [0.3, 0.4) is 0 Å². The lowest BCUT2D eigenvalue weighted by Gasteiger charge is -2.45. The van der Waals surface area contributed by atoms with Crippen molar-refractivity contribution < 1.29 is 33.0 Å². The number of piperidine rings is 1. The molecule has 0 aliphatic carbocycles. The van der Waals surface area contributed by atoms with Crippen molar-refractivity contribution in [3.63, 3.8) is 0 Å². The Hall–Kier alpha value is -3.11. The number of aliphatic hydroxyl groups is 1. The highest BCUT2D eigenvalue weighted by Crippen LogP contribution is 2.55. The molecule has 1 amide bonds. The van der Waals surface area contributed by atoms with E-state index in [0.29, 0.717) is 28.8 Å². The summed E-state index contributed by atoms with van der Waals surface area (Å²) in [7, 11) is -2.09. The van der Waals surface area contributed by atoms with Gasteiger partial charge in [-0.15, -0.1) is 0 Å². The quantitative estimate of drug-likeness (QED) is 0.241. The van der Waals surface area contributed by atoms with E-state index in [-0.39, 0.29) is 25.1 Å². The summed E-state index contributed by atoms with van der Waals surface area (Å²) < 4.78 is 41.9. The van der Waals surface area contributed by atoms with Gasteiger partial charge in [-0.1, -0.05) is 84.0 Å². The molecule has 242 valence electrons.